The Hall–Kier alpha value is -2.08. The zero-order valence-electron chi connectivity index (χ0n) is 11.2. The molecule has 0 unspecified atom stereocenters. The van der Waals surface area contributed by atoms with Crippen molar-refractivity contribution in [3.05, 3.63) is 28.8 Å². The minimum atomic E-state index is -0.841. The van der Waals surface area contributed by atoms with Crippen molar-refractivity contribution in [2.24, 2.45) is 5.10 Å². The fourth-order valence-electron chi connectivity index (χ4n) is 1.21. The highest BCUT2D eigenvalue weighted by atomic mass is 35.5. The first-order chi connectivity index (χ1) is 9.43. The summed E-state index contributed by atoms with van der Waals surface area (Å²) in [4.78, 5) is 22.8. The van der Waals surface area contributed by atoms with E-state index in [0.29, 0.717) is 5.56 Å². The standard InChI is InChI=1S/C13H16ClN3O3/c1-3-8(2)16-12(19)13(20)17-15-7-9-4-5-11(18)10(14)6-9/h4-8,18H,3H2,1-2H3,(H,16,19)(H,17,20)/b15-7-/t8-/m1/s1. The van der Waals surface area contributed by atoms with Gasteiger partial charge in [0.2, 0.25) is 0 Å². The lowest BCUT2D eigenvalue weighted by Gasteiger charge is -2.09. The van der Waals surface area contributed by atoms with E-state index in [0.717, 1.165) is 6.42 Å². The Morgan fingerprint density at radius 2 is 2.15 bits per heavy atom. The van der Waals surface area contributed by atoms with Gasteiger partial charge in [-0.3, -0.25) is 9.59 Å². The monoisotopic (exact) mass is 297 g/mol. The summed E-state index contributed by atoms with van der Waals surface area (Å²) >= 11 is 5.72. The number of hydrogen-bond acceptors (Lipinski definition) is 4. The number of nitrogens with zero attached hydrogens (tertiary/aromatic N) is 1. The second kappa shape index (κ2) is 7.49. The molecule has 0 bridgehead atoms. The van der Waals surface area contributed by atoms with Crippen molar-refractivity contribution in [2.45, 2.75) is 26.3 Å². The molecule has 0 aliphatic carbocycles. The number of amides is 2. The van der Waals surface area contributed by atoms with Gasteiger partial charge in [-0.2, -0.15) is 5.10 Å². The van der Waals surface area contributed by atoms with E-state index in [2.05, 4.69) is 15.8 Å². The van der Waals surface area contributed by atoms with Crippen molar-refractivity contribution in [3.63, 3.8) is 0 Å². The maximum absolute atomic E-state index is 11.4. The average Bonchev–Trinajstić information content (AvgIpc) is 2.42. The molecule has 0 saturated carbocycles. The highest BCUT2D eigenvalue weighted by molar-refractivity contribution is 6.35. The maximum atomic E-state index is 11.4. The zero-order chi connectivity index (χ0) is 15.1. The Bertz CT molecular complexity index is 532. The van der Waals surface area contributed by atoms with Gasteiger partial charge in [0.25, 0.3) is 0 Å². The Balaban J connectivity index is 2.53. The number of carbonyl (C=O) groups is 2. The first kappa shape index (κ1) is 16.0. The molecule has 1 rings (SSSR count). The highest BCUT2D eigenvalue weighted by Crippen LogP contribution is 2.22. The number of phenols is 1. The van der Waals surface area contributed by atoms with Gasteiger partial charge < -0.3 is 10.4 Å². The van der Waals surface area contributed by atoms with Gasteiger partial charge in [0.1, 0.15) is 5.75 Å². The van der Waals surface area contributed by atoms with Crippen molar-refractivity contribution < 1.29 is 14.7 Å². The van der Waals surface area contributed by atoms with Crippen molar-refractivity contribution >= 4 is 29.6 Å². The van der Waals surface area contributed by atoms with Crippen molar-refractivity contribution in [1.29, 1.82) is 0 Å². The summed E-state index contributed by atoms with van der Waals surface area (Å²) in [5, 5.41) is 15.6. The van der Waals surface area contributed by atoms with Gasteiger partial charge in [0.15, 0.2) is 0 Å². The number of halogens is 1. The molecule has 2 amide bonds. The summed E-state index contributed by atoms with van der Waals surface area (Å²) in [7, 11) is 0. The van der Waals surface area contributed by atoms with E-state index in [1.807, 2.05) is 6.92 Å². The molecule has 1 atom stereocenters. The van der Waals surface area contributed by atoms with E-state index in [-0.39, 0.29) is 16.8 Å². The summed E-state index contributed by atoms with van der Waals surface area (Å²) in [6.07, 6.45) is 2.05. The zero-order valence-corrected chi connectivity index (χ0v) is 11.9. The van der Waals surface area contributed by atoms with Crippen LogP contribution in [-0.2, 0) is 9.59 Å². The predicted octanol–water partition coefficient (Wildman–Crippen LogP) is 1.41. The van der Waals surface area contributed by atoms with Crippen LogP contribution in [0.5, 0.6) is 5.75 Å². The molecular weight excluding hydrogens is 282 g/mol. The van der Waals surface area contributed by atoms with Gasteiger partial charge in [0, 0.05) is 6.04 Å². The molecule has 7 heteroatoms. The largest absolute Gasteiger partial charge is 0.506 e. The lowest BCUT2D eigenvalue weighted by molar-refractivity contribution is -0.139. The Morgan fingerprint density at radius 3 is 2.75 bits per heavy atom. The van der Waals surface area contributed by atoms with Crippen LogP contribution in [0.25, 0.3) is 0 Å². The number of aromatic hydroxyl groups is 1. The van der Waals surface area contributed by atoms with Crippen LogP contribution in [0.1, 0.15) is 25.8 Å². The first-order valence-electron chi connectivity index (χ1n) is 6.06. The van der Waals surface area contributed by atoms with Gasteiger partial charge >= 0.3 is 11.8 Å². The Morgan fingerprint density at radius 1 is 1.45 bits per heavy atom. The van der Waals surface area contributed by atoms with Crippen LogP contribution < -0.4 is 10.7 Å². The molecule has 0 saturated heterocycles. The number of benzene rings is 1. The molecular formula is C13H16ClN3O3. The molecule has 0 aromatic heterocycles. The van der Waals surface area contributed by atoms with E-state index in [1.165, 1.54) is 18.3 Å². The summed E-state index contributed by atoms with van der Waals surface area (Å²) in [6.45, 7) is 3.70. The molecule has 0 spiro atoms. The molecule has 0 aliphatic heterocycles. The Labute approximate surface area is 121 Å². The highest BCUT2D eigenvalue weighted by Gasteiger charge is 2.14. The lowest BCUT2D eigenvalue weighted by atomic mass is 10.2. The van der Waals surface area contributed by atoms with Gasteiger partial charge in [-0.05, 0) is 37.1 Å². The molecule has 20 heavy (non-hydrogen) atoms. The molecule has 0 heterocycles. The van der Waals surface area contributed by atoms with Gasteiger partial charge in [0.05, 0.1) is 11.2 Å². The summed E-state index contributed by atoms with van der Waals surface area (Å²) in [5.41, 5.74) is 2.69. The minimum Gasteiger partial charge on any atom is -0.506 e. The van der Waals surface area contributed by atoms with E-state index < -0.39 is 11.8 Å². The number of phenolic OH excluding ortho intramolecular Hbond substituents is 1. The third-order valence-corrected chi connectivity index (χ3v) is 2.85. The van der Waals surface area contributed by atoms with E-state index in [4.69, 9.17) is 11.6 Å². The molecule has 6 nitrogen and oxygen atoms in total. The molecule has 0 radical (unpaired) electrons. The normalized spacial score (nSPS) is 12.2. The number of rotatable bonds is 4. The molecule has 108 valence electrons. The van der Waals surface area contributed by atoms with E-state index in [9.17, 15) is 14.7 Å². The number of hydrazone groups is 1. The first-order valence-corrected chi connectivity index (χ1v) is 6.44. The molecule has 0 fully saturated rings. The van der Waals surface area contributed by atoms with Crippen molar-refractivity contribution in [3.8, 4) is 5.75 Å². The summed E-state index contributed by atoms with van der Waals surface area (Å²) in [6, 6.07) is 4.37. The fourth-order valence-corrected chi connectivity index (χ4v) is 1.40. The third kappa shape index (κ3) is 4.89. The molecule has 3 N–H and O–H groups in total. The van der Waals surface area contributed by atoms with Gasteiger partial charge in [-0.15, -0.1) is 0 Å². The maximum Gasteiger partial charge on any atom is 0.329 e. The number of carbonyl (C=O) groups excluding carboxylic acids is 2. The quantitative estimate of drug-likeness (QED) is 0.446. The summed E-state index contributed by atoms with van der Waals surface area (Å²) < 4.78 is 0. The van der Waals surface area contributed by atoms with Crippen LogP contribution in [-0.4, -0.2) is 29.2 Å². The molecule has 0 aliphatic rings. The minimum absolute atomic E-state index is 0.0409. The summed E-state index contributed by atoms with van der Waals surface area (Å²) in [5.74, 6) is -1.62. The Kier molecular flexibility index (Phi) is 5.99. The van der Waals surface area contributed by atoms with E-state index in [1.54, 1.807) is 13.0 Å². The number of hydrogen-bond donors (Lipinski definition) is 3. The second-order valence-electron chi connectivity index (χ2n) is 4.19. The lowest BCUT2D eigenvalue weighted by Crippen LogP contribution is -2.41. The van der Waals surface area contributed by atoms with Crippen molar-refractivity contribution in [2.75, 3.05) is 0 Å². The van der Waals surface area contributed by atoms with Gasteiger partial charge in [-0.1, -0.05) is 18.5 Å². The van der Waals surface area contributed by atoms with Crippen LogP contribution >= 0.6 is 11.6 Å². The fraction of sp³-hybridized carbons (Fsp3) is 0.308. The third-order valence-electron chi connectivity index (χ3n) is 2.55. The molecule has 1 aromatic carbocycles. The SMILES string of the molecule is CC[C@@H](C)NC(=O)C(=O)N/N=C\c1ccc(O)c(Cl)c1. The van der Waals surface area contributed by atoms with E-state index >= 15 is 0 Å². The van der Waals surface area contributed by atoms with Crippen LogP contribution in [0.15, 0.2) is 23.3 Å². The van der Waals surface area contributed by atoms with Crippen LogP contribution in [0.2, 0.25) is 5.02 Å². The average molecular weight is 298 g/mol. The topological polar surface area (TPSA) is 90.8 Å². The number of nitrogens with one attached hydrogen (secondary N) is 2. The van der Waals surface area contributed by atoms with Crippen LogP contribution in [0, 0.1) is 0 Å². The van der Waals surface area contributed by atoms with Crippen LogP contribution in [0.3, 0.4) is 0 Å². The second-order valence-corrected chi connectivity index (χ2v) is 4.60. The van der Waals surface area contributed by atoms with Crippen LogP contribution in [0.4, 0.5) is 0 Å². The van der Waals surface area contributed by atoms with Crippen molar-refractivity contribution in [1.82, 2.24) is 10.7 Å². The molecule has 1 aromatic rings. The smallest absolute Gasteiger partial charge is 0.329 e. The van der Waals surface area contributed by atoms with Gasteiger partial charge in [-0.25, -0.2) is 5.43 Å². The predicted molar refractivity (Wildman–Crippen MR) is 76.7 cm³/mol.